The number of alkyl halides is 3. The number of carbonyl (C=O) groups is 1. The number of anilines is 1. The van der Waals surface area contributed by atoms with E-state index in [1.807, 2.05) is 7.05 Å². The van der Waals surface area contributed by atoms with Gasteiger partial charge in [0.2, 0.25) is 0 Å². The van der Waals surface area contributed by atoms with Gasteiger partial charge in [0.15, 0.2) is 5.82 Å². The van der Waals surface area contributed by atoms with Crippen molar-refractivity contribution in [2.24, 2.45) is 5.92 Å². The summed E-state index contributed by atoms with van der Waals surface area (Å²) in [7, 11) is 2.05. The first-order chi connectivity index (χ1) is 18.2. The van der Waals surface area contributed by atoms with Crippen LogP contribution < -0.4 is 10.6 Å². The molecule has 1 amide bonds. The Kier molecular flexibility index (Phi) is 6.04. The summed E-state index contributed by atoms with van der Waals surface area (Å²) in [6, 6.07) is 1.96. The van der Waals surface area contributed by atoms with E-state index in [1.165, 1.54) is 23.0 Å². The van der Waals surface area contributed by atoms with Crippen LogP contribution in [0.4, 0.5) is 19.0 Å². The third kappa shape index (κ3) is 4.82. The van der Waals surface area contributed by atoms with Crippen LogP contribution in [-0.4, -0.2) is 67.7 Å². The maximum Gasteiger partial charge on any atom is 0.447 e. The van der Waals surface area contributed by atoms with E-state index < -0.39 is 11.0 Å². The molecule has 1 saturated heterocycles. The maximum atomic E-state index is 13.5. The number of nitrogens with zero attached hydrogens (tertiary/aromatic N) is 5. The van der Waals surface area contributed by atoms with Gasteiger partial charge in [-0.05, 0) is 32.4 Å². The van der Waals surface area contributed by atoms with E-state index in [4.69, 9.17) is 0 Å². The number of amides is 1. The minimum Gasteiger partial charge on any atom is -0.351 e. The summed E-state index contributed by atoms with van der Waals surface area (Å²) in [5, 5.41) is 10.3. The molecule has 0 bridgehead atoms. The highest BCUT2D eigenvalue weighted by atomic mass is 32.2. The number of halogens is 3. The van der Waals surface area contributed by atoms with Gasteiger partial charge in [-0.2, -0.15) is 18.3 Å². The predicted octanol–water partition coefficient (Wildman–Crippen LogP) is 3.38. The minimum absolute atomic E-state index is 0.0208. The van der Waals surface area contributed by atoms with Crippen molar-refractivity contribution in [3.05, 3.63) is 42.0 Å². The van der Waals surface area contributed by atoms with Crippen LogP contribution in [0.5, 0.6) is 0 Å². The maximum absolute atomic E-state index is 13.5. The number of hydrogen-bond donors (Lipinski definition) is 2. The number of likely N-dealkylation sites (tertiary alicyclic amines) is 1. The summed E-state index contributed by atoms with van der Waals surface area (Å²) in [6.45, 7) is 1.66. The number of nitrogens with one attached hydrogen (secondary N) is 2. The molecule has 0 aromatic carbocycles. The third-order valence-corrected chi connectivity index (χ3v) is 7.84. The summed E-state index contributed by atoms with van der Waals surface area (Å²) < 4.78 is 43.7. The number of thioether (sulfide) groups is 1. The van der Waals surface area contributed by atoms with Gasteiger partial charge in [0.1, 0.15) is 10.6 Å². The van der Waals surface area contributed by atoms with Gasteiger partial charge in [-0.15, -0.1) is 0 Å². The Morgan fingerprint density at radius 3 is 2.92 bits per heavy atom. The Bertz CT molecular complexity index is 1540. The number of hydrogen-bond acceptors (Lipinski definition) is 6. The second-order valence-corrected chi connectivity index (χ2v) is 10.9. The summed E-state index contributed by atoms with van der Waals surface area (Å²) in [5.74, 6) is 12.3. The largest absolute Gasteiger partial charge is 0.447 e. The van der Waals surface area contributed by atoms with Crippen LogP contribution >= 0.6 is 11.8 Å². The highest BCUT2D eigenvalue weighted by Gasteiger charge is 2.45. The van der Waals surface area contributed by atoms with E-state index in [0.717, 1.165) is 32.4 Å². The number of rotatable bonds is 6. The molecule has 2 N–H and O–H groups in total. The molecule has 2 aliphatic carbocycles. The topological polar surface area (TPSA) is 79.5 Å². The standard InChI is InChI=1S/C26H24F3N7OS/c1-34-11-8-25(7-6-19(25)16-34)33-22-21-13-17(24(38-26(27,28)29)35(21)12-10-30-22)3-2-9-31-23(37)18-14-32-36(15-18)20-4-5-20/h10,12-15,19-20H,4-5,8-9,11,16H2,1H3,(H,30,33)(H,31,37)/t19-,25-/m1/s1. The highest BCUT2D eigenvalue weighted by molar-refractivity contribution is 8.00. The Balaban J connectivity index is 1.24. The van der Waals surface area contributed by atoms with Gasteiger partial charge in [0.25, 0.3) is 5.91 Å². The van der Waals surface area contributed by atoms with Crippen molar-refractivity contribution in [1.82, 2.24) is 29.4 Å². The highest BCUT2D eigenvalue weighted by Crippen LogP contribution is 2.42. The molecular weight excluding hydrogens is 515 g/mol. The summed E-state index contributed by atoms with van der Waals surface area (Å²) >= 11 is -0.223. The van der Waals surface area contributed by atoms with Gasteiger partial charge < -0.3 is 19.9 Å². The Morgan fingerprint density at radius 2 is 2.21 bits per heavy atom. The van der Waals surface area contributed by atoms with Gasteiger partial charge in [-0.25, -0.2) is 4.98 Å². The first-order valence-electron chi connectivity index (χ1n) is 12.3. The van der Waals surface area contributed by atoms with Crippen LogP contribution in [0.25, 0.3) is 5.52 Å². The van der Waals surface area contributed by atoms with E-state index in [0.29, 0.717) is 22.9 Å². The molecule has 0 spiro atoms. The molecule has 3 aliphatic rings. The quantitative estimate of drug-likeness (QED) is 0.370. The van der Waals surface area contributed by atoms with Crippen LogP contribution in [0.15, 0.2) is 35.9 Å². The van der Waals surface area contributed by atoms with Crippen molar-refractivity contribution in [2.75, 3.05) is 32.0 Å². The molecule has 38 heavy (non-hydrogen) atoms. The van der Waals surface area contributed by atoms with Crippen LogP contribution in [0.1, 0.15) is 41.2 Å². The lowest BCUT2D eigenvalue weighted by Crippen LogP contribution is -2.58. The average molecular weight is 540 g/mol. The van der Waals surface area contributed by atoms with Crippen LogP contribution in [-0.2, 0) is 0 Å². The van der Waals surface area contributed by atoms with Crippen molar-refractivity contribution < 1.29 is 18.0 Å². The predicted molar refractivity (Wildman–Crippen MR) is 137 cm³/mol. The van der Waals surface area contributed by atoms with E-state index in [2.05, 4.69) is 49.3 Å². The molecule has 6 rings (SSSR count). The van der Waals surface area contributed by atoms with Gasteiger partial charge in [-0.1, -0.05) is 23.7 Å². The Hall–Kier alpha value is -3.61. The molecule has 3 aromatic heterocycles. The van der Waals surface area contributed by atoms with Gasteiger partial charge >= 0.3 is 5.51 Å². The lowest BCUT2D eigenvalue weighted by atomic mass is 9.72. The fourth-order valence-electron chi connectivity index (χ4n) is 4.79. The molecule has 196 valence electrons. The number of fused-ring (bicyclic) bond motifs is 2. The van der Waals surface area contributed by atoms with Crippen molar-refractivity contribution in [1.29, 1.82) is 0 Å². The van der Waals surface area contributed by atoms with Crippen molar-refractivity contribution in [2.45, 2.75) is 41.4 Å². The Morgan fingerprint density at radius 1 is 1.37 bits per heavy atom. The zero-order chi connectivity index (χ0) is 26.5. The molecule has 4 heterocycles. The van der Waals surface area contributed by atoms with E-state index in [9.17, 15) is 18.0 Å². The lowest BCUT2D eigenvalue weighted by molar-refractivity contribution is -0.0329. The monoisotopic (exact) mass is 539 g/mol. The molecule has 12 heteroatoms. The normalized spacial score (nSPS) is 22.5. The van der Waals surface area contributed by atoms with Crippen LogP contribution in [0.3, 0.4) is 0 Å². The van der Waals surface area contributed by atoms with Crippen LogP contribution in [0.2, 0.25) is 0 Å². The summed E-state index contributed by atoms with van der Waals surface area (Å²) in [5.41, 5.74) is -3.83. The molecule has 1 saturated carbocycles. The van der Waals surface area contributed by atoms with Gasteiger partial charge in [-0.3, -0.25) is 9.48 Å². The van der Waals surface area contributed by atoms with Crippen molar-refractivity contribution in [3.63, 3.8) is 0 Å². The first kappa shape index (κ1) is 24.7. The molecular formula is C26H24F3N7OS. The SMILES string of the molecule is CN1CC[C@]2(Nc3nccn4c(SC(F)(F)F)c(C#CCNC(=O)c5cnn(C6CC6)c5)cc34)C#C[C@@H]2C1. The molecule has 8 nitrogen and oxygen atoms in total. The number of piperidine rings is 1. The second-order valence-electron chi connectivity index (χ2n) is 9.80. The van der Waals surface area contributed by atoms with Crippen molar-refractivity contribution >= 4 is 29.0 Å². The molecule has 0 radical (unpaired) electrons. The fourth-order valence-corrected chi connectivity index (χ4v) is 5.48. The summed E-state index contributed by atoms with van der Waals surface area (Å²) in [4.78, 5) is 19.1. The molecule has 2 atom stereocenters. The van der Waals surface area contributed by atoms with Gasteiger partial charge in [0, 0.05) is 43.4 Å². The van der Waals surface area contributed by atoms with E-state index in [1.54, 1.807) is 16.9 Å². The lowest BCUT2D eigenvalue weighted by Gasteiger charge is -2.46. The molecule has 3 aromatic rings. The van der Waals surface area contributed by atoms with Crippen LogP contribution in [0, 0.1) is 29.6 Å². The summed E-state index contributed by atoms with van der Waals surface area (Å²) in [6.07, 6.45) is 9.07. The second kappa shape index (κ2) is 9.29. The van der Waals surface area contributed by atoms with Gasteiger partial charge in [0.05, 0.1) is 41.3 Å². The first-order valence-corrected chi connectivity index (χ1v) is 13.1. The number of aromatic nitrogens is 4. The Labute approximate surface area is 221 Å². The molecule has 1 aliphatic heterocycles. The average Bonchev–Trinajstić information content (AvgIpc) is 3.49. The van der Waals surface area contributed by atoms with Crippen molar-refractivity contribution in [3.8, 4) is 23.7 Å². The zero-order valence-electron chi connectivity index (χ0n) is 20.5. The fraction of sp³-hybridized carbons (Fsp3) is 0.423. The third-order valence-electron chi connectivity index (χ3n) is 7.00. The number of carbonyl (C=O) groups excluding carboxylic acids is 1. The van der Waals surface area contributed by atoms with E-state index in [-0.39, 0.29) is 40.7 Å². The minimum atomic E-state index is -4.51. The molecule has 0 unspecified atom stereocenters. The van der Waals surface area contributed by atoms with E-state index >= 15 is 0 Å². The molecule has 2 fully saturated rings. The zero-order valence-corrected chi connectivity index (χ0v) is 21.3. The smallest absolute Gasteiger partial charge is 0.351 e.